The van der Waals surface area contributed by atoms with Crippen molar-refractivity contribution < 1.29 is 31.4 Å². The molecule has 0 radical (unpaired) electrons. The van der Waals surface area contributed by atoms with Gasteiger partial charge >= 0.3 is 6.36 Å². The molecule has 3 aromatic rings. The molecule has 0 aliphatic carbocycles. The van der Waals surface area contributed by atoms with E-state index in [0.29, 0.717) is 5.56 Å². The van der Waals surface area contributed by atoms with E-state index in [1.165, 1.54) is 23.9 Å². The molecule has 2 N–H and O–H groups in total. The van der Waals surface area contributed by atoms with Crippen molar-refractivity contribution in [1.82, 2.24) is 4.72 Å². The Balaban J connectivity index is 1.82. The SMILES string of the molecule is O=S(=O)(NCc1ccccc1Sc1ccccc1CO)c1ccccc1OC(F)(F)F. The number of sulfonamides is 1. The van der Waals surface area contributed by atoms with E-state index in [-0.39, 0.29) is 13.2 Å². The van der Waals surface area contributed by atoms with Crippen LogP contribution in [0, 0.1) is 0 Å². The van der Waals surface area contributed by atoms with Gasteiger partial charge in [-0.15, -0.1) is 13.2 Å². The summed E-state index contributed by atoms with van der Waals surface area (Å²) in [5.74, 6) is -0.804. The first-order valence-electron chi connectivity index (χ1n) is 8.98. The van der Waals surface area contributed by atoms with Gasteiger partial charge in [0.25, 0.3) is 0 Å². The molecular formula is C21H18F3NO4S2. The maximum Gasteiger partial charge on any atom is 0.573 e. The topological polar surface area (TPSA) is 75.6 Å². The minimum absolute atomic E-state index is 0.145. The number of benzene rings is 3. The van der Waals surface area contributed by atoms with Crippen LogP contribution < -0.4 is 9.46 Å². The summed E-state index contributed by atoms with van der Waals surface area (Å²) in [4.78, 5) is 0.943. The van der Waals surface area contributed by atoms with E-state index in [1.807, 2.05) is 12.1 Å². The molecule has 164 valence electrons. The van der Waals surface area contributed by atoms with Crippen molar-refractivity contribution in [3.8, 4) is 5.75 Å². The van der Waals surface area contributed by atoms with Crippen molar-refractivity contribution in [2.24, 2.45) is 0 Å². The Labute approximate surface area is 181 Å². The first kappa shape index (κ1) is 23.1. The van der Waals surface area contributed by atoms with E-state index in [0.717, 1.165) is 27.5 Å². The van der Waals surface area contributed by atoms with Crippen LogP contribution in [0.4, 0.5) is 13.2 Å². The summed E-state index contributed by atoms with van der Waals surface area (Å²) >= 11 is 1.35. The van der Waals surface area contributed by atoms with Crippen molar-refractivity contribution in [1.29, 1.82) is 0 Å². The van der Waals surface area contributed by atoms with Crippen LogP contribution in [0.3, 0.4) is 0 Å². The highest BCUT2D eigenvalue weighted by molar-refractivity contribution is 7.99. The Kier molecular flexibility index (Phi) is 7.26. The Bertz CT molecular complexity index is 1150. The summed E-state index contributed by atoms with van der Waals surface area (Å²) in [6.45, 7) is -0.291. The first-order valence-corrected chi connectivity index (χ1v) is 11.3. The molecule has 0 spiro atoms. The number of aliphatic hydroxyl groups excluding tert-OH is 1. The number of hydrogen-bond acceptors (Lipinski definition) is 5. The highest BCUT2D eigenvalue weighted by Crippen LogP contribution is 2.33. The fourth-order valence-corrected chi connectivity index (χ4v) is 4.93. The second-order valence-corrected chi connectivity index (χ2v) is 9.11. The monoisotopic (exact) mass is 469 g/mol. The van der Waals surface area contributed by atoms with Crippen molar-refractivity contribution in [2.75, 3.05) is 0 Å². The smallest absolute Gasteiger partial charge is 0.404 e. The molecule has 0 aliphatic heterocycles. The third kappa shape index (κ3) is 6.23. The summed E-state index contributed by atoms with van der Waals surface area (Å²) in [6.07, 6.45) is -5.02. The molecule has 5 nitrogen and oxygen atoms in total. The zero-order chi connectivity index (χ0) is 22.5. The lowest BCUT2D eigenvalue weighted by Crippen LogP contribution is -2.25. The highest BCUT2D eigenvalue weighted by atomic mass is 32.2. The molecule has 0 unspecified atom stereocenters. The van der Waals surface area contributed by atoms with Crippen molar-refractivity contribution >= 4 is 21.8 Å². The van der Waals surface area contributed by atoms with Crippen LogP contribution in [-0.4, -0.2) is 19.9 Å². The van der Waals surface area contributed by atoms with E-state index < -0.39 is 27.0 Å². The lowest BCUT2D eigenvalue weighted by molar-refractivity contribution is -0.275. The van der Waals surface area contributed by atoms with Gasteiger partial charge in [-0.25, -0.2) is 13.1 Å². The molecular weight excluding hydrogens is 451 g/mol. The van der Waals surface area contributed by atoms with Crippen LogP contribution >= 0.6 is 11.8 Å². The molecule has 3 rings (SSSR count). The molecule has 0 amide bonds. The molecule has 0 aromatic heterocycles. The summed E-state index contributed by atoms with van der Waals surface area (Å²) in [5, 5.41) is 9.51. The third-order valence-corrected chi connectivity index (χ3v) is 6.83. The lowest BCUT2D eigenvalue weighted by Gasteiger charge is -2.15. The maximum atomic E-state index is 12.7. The van der Waals surface area contributed by atoms with Gasteiger partial charge < -0.3 is 9.84 Å². The van der Waals surface area contributed by atoms with Gasteiger partial charge in [0.2, 0.25) is 10.0 Å². The predicted octanol–water partition coefficient (Wildman–Crippen LogP) is 4.71. The van der Waals surface area contributed by atoms with Crippen molar-refractivity contribution in [3.63, 3.8) is 0 Å². The molecule has 10 heteroatoms. The molecule has 0 saturated heterocycles. The second kappa shape index (κ2) is 9.73. The van der Waals surface area contributed by atoms with Gasteiger partial charge in [-0.3, -0.25) is 0 Å². The minimum Gasteiger partial charge on any atom is -0.404 e. The molecule has 0 bridgehead atoms. The van der Waals surface area contributed by atoms with Gasteiger partial charge in [-0.1, -0.05) is 60.3 Å². The van der Waals surface area contributed by atoms with Crippen LogP contribution in [0.15, 0.2) is 87.5 Å². The zero-order valence-electron chi connectivity index (χ0n) is 16.0. The second-order valence-electron chi connectivity index (χ2n) is 6.29. The minimum atomic E-state index is -5.02. The molecule has 0 saturated carbocycles. The number of alkyl halides is 3. The van der Waals surface area contributed by atoms with E-state index in [9.17, 15) is 26.7 Å². The molecule has 0 aliphatic rings. The largest absolute Gasteiger partial charge is 0.573 e. The Morgan fingerprint density at radius 1 is 0.871 bits per heavy atom. The predicted molar refractivity (Wildman–Crippen MR) is 110 cm³/mol. The number of rotatable bonds is 8. The van der Waals surface area contributed by atoms with Gasteiger partial charge in [0, 0.05) is 16.3 Å². The number of aliphatic hydroxyl groups is 1. The van der Waals surface area contributed by atoms with Gasteiger partial charge in [-0.05, 0) is 35.4 Å². The lowest BCUT2D eigenvalue weighted by atomic mass is 10.2. The average Bonchev–Trinajstić information content (AvgIpc) is 2.73. The number of hydrogen-bond donors (Lipinski definition) is 2. The highest BCUT2D eigenvalue weighted by Gasteiger charge is 2.34. The van der Waals surface area contributed by atoms with E-state index in [2.05, 4.69) is 9.46 Å². The Hall–Kier alpha value is -2.53. The summed E-state index contributed by atoms with van der Waals surface area (Å²) in [7, 11) is -4.29. The zero-order valence-corrected chi connectivity index (χ0v) is 17.6. The average molecular weight is 470 g/mol. The number of halogens is 3. The van der Waals surface area contributed by atoms with Crippen molar-refractivity contribution in [3.05, 3.63) is 83.9 Å². The van der Waals surface area contributed by atoms with Crippen LogP contribution in [0.5, 0.6) is 5.75 Å². The van der Waals surface area contributed by atoms with Crippen LogP contribution in [0.1, 0.15) is 11.1 Å². The molecule has 0 heterocycles. The van der Waals surface area contributed by atoms with E-state index in [4.69, 9.17) is 0 Å². The molecule has 0 atom stereocenters. The number of para-hydroxylation sites is 1. The molecule has 0 fully saturated rings. The van der Waals surface area contributed by atoms with E-state index in [1.54, 1.807) is 36.4 Å². The van der Waals surface area contributed by atoms with Gasteiger partial charge in [0.15, 0.2) is 0 Å². The van der Waals surface area contributed by atoms with Gasteiger partial charge in [0.05, 0.1) is 6.61 Å². The van der Waals surface area contributed by atoms with E-state index >= 15 is 0 Å². The molecule has 31 heavy (non-hydrogen) atoms. The van der Waals surface area contributed by atoms with Crippen LogP contribution in [0.2, 0.25) is 0 Å². The number of ether oxygens (including phenoxy) is 1. The van der Waals surface area contributed by atoms with Gasteiger partial charge in [-0.2, -0.15) is 0 Å². The standard InChI is InChI=1S/C21H18F3NO4S2/c22-21(23,24)29-17-9-3-6-12-20(17)31(27,28)25-13-15-7-1-4-10-18(15)30-19-11-5-2-8-16(19)14-26/h1-12,25-26H,13-14H2. The van der Waals surface area contributed by atoms with Crippen molar-refractivity contribution in [2.45, 2.75) is 34.2 Å². The summed E-state index contributed by atoms with van der Waals surface area (Å²) in [5.41, 5.74) is 1.35. The quantitative estimate of drug-likeness (QED) is 0.500. The maximum absolute atomic E-state index is 12.7. The van der Waals surface area contributed by atoms with Gasteiger partial charge in [0.1, 0.15) is 10.6 Å². The fraction of sp³-hybridized carbons (Fsp3) is 0.143. The van der Waals surface area contributed by atoms with Crippen LogP contribution in [0.25, 0.3) is 0 Å². The third-order valence-electron chi connectivity index (χ3n) is 4.15. The fourth-order valence-electron chi connectivity index (χ4n) is 2.73. The Morgan fingerprint density at radius 2 is 1.42 bits per heavy atom. The summed E-state index contributed by atoms with van der Waals surface area (Å²) in [6, 6.07) is 18.8. The first-order chi connectivity index (χ1) is 14.7. The Morgan fingerprint density at radius 3 is 2.06 bits per heavy atom. The molecule has 3 aromatic carbocycles. The normalized spacial score (nSPS) is 12.0. The van der Waals surface area contributed by atoms with Crippen LogP contribution in [-0.2, 0) is 23.2 Å². The summed E-state index contributed by atoms with van der Waals surface area (Å²) < 4.78 is 69.4. The number of nitrogens with one attached hydrogen (secondary N) is 1.